The monoisotopic (exact) mass is 275 g/mol. The molecule has 0 bridgehead atoms. The lowest BCUT2D eigenvalue weighted by Gasteiger charge is -2.14. The molecule has 1 N–H and O–H groups in total. The van der Waals surface area contributed by atoms with Gasteiger partial charge in [-0.2, -0.15) is 0 Å². The molecular formula is C15H17NO4. The molecule has 1 atom stereocenters. The molecule has 5 nitrogen and oxygen atoms in total. The normalized spacial score (nSPS) is 16.4. The third kappa shape index (κ3) is 3.51. The third-order valence-electron chi connectivity index (χ3n) is 3.52. The number of carbonyl (C=O) groups is 1. The predicted molar refractivity (Wildman–Crippen MR) is 74.2 cm³/mol. The summed E-state index contributed by atoms with van der Waals surface area (Å²) in [6.45, 7) is 0. The van der Waals surface area contributed by atoms with E-state index < -0.39 is 11.0 Å². The number of aliphatic hydroxyl groups is 1. The Kier molecular flexibility index (Phi) is 4.63. The van der Waals surface area contributed by atoms with Crippen LogP contribution in [0.4, 0.5) is 5.69 Å². The molecule has 5 heteroatoms. The van der Waals surface area contributed by atoms with Gasteiger partial charge in [0.25, 0.3) is 5.69 Å². The summed E-state index contributed by atoms with van der Waals surface area (Å²) in [7, 11) is 0. The number of allylic oxidation sites excluding steroid dienone is 2. The molecule has 106 valence electrons. The van der Waals surface area contributed by atoms with E-state index in [9.17, 15) is 20.0 Å². The Morgan fingerprint density at radius 2 is 2.00 bits per heavy atom. The first-order valence-electron chi connectivity index (χ1n) is 6.72. The second-order valence-electron chi connectivity index (χ2n) is 4.97. The summed E-state index contributed by atoms with van der Waals surface area (Å²) >= 11 is 0. The second kappa shape index (κ2) is 6.43. The first-order valence-corrected chi connectivity index (χ1v) is 6.72. The van der Waals surface area contributed by atoms with E-state index in [1.165, 1.54) is 24.3 Å². The lowest BCUT2D eigenvalue weighted by molar-refractivity contribution is -0.384. The number of nitro groups is 1. The Morgan fingerprint density at radius 1 is 1.30 bits per heavy atom. The summed E-state index contributed by atoms with van der Waals surface area (Å²) in [6, 6.07) is 5.66. The first-order chi connectivity index (χ1) is 9.58. The highest BCUT2D eigenvalue weighted by Gasteiger charge is 2.18. The molecular weight excluding hydrogens is 258 g/mol. The van der Waals surface area contributed by atoms with Crippen LogP contribution in [0.15, 0.2) is 35.9 Å². The molecule has 0 aromatic heterocycles. The quantitative estimate of drug-likeness (QED) is 0.661. The van der Waals surface area contributed by atoms with Crippen LogP contribution >= 0.6 is 0 Å². The van der Waals surface area contributed by atoms with Crippen LogP contribution in [0.3, 0.4) is 0 Å². The Labute approximate surface area is 117 Å². The van der Waals surface area contributed by atoms with E-state index in [2.05, 4.69) is 0 Å². The third-order valence-corrected chi connectivity index (χ3v) is 3.52. The highest BCUT2D eigenvalue weighted by atomic mass is 16.6. The highest BCUT2D eigenvalue weighted by molar-refractivity contribution is 5.95. The van der Waals surface area contributed by atoms with Gasteiger partial charge in [-0.05, 0) is 49.0 Å². The zero-order valence-corrected chi connectivity index (χ0v) is 11.1. The molecule has 1 aromatic carbocycles. The fourth-order valence-electron chi connectivity index (χ4n) is 2.33. The number of Topliss-reactive ketones (excluding diaryl/α,β-unsaturated/α-hetero) is 1. The van der Waals surface area contributed by atoms with Crippen LogP contribution in [0, 0.1) is 10.1 Å². The smallest absolute Gasteiger partial charge is 0.269 e. The summed E-state index contributed by atoms with van der Waals surface area (Å²) in [5.74, 6) is -0.0319. The van der Waals surface area contributed by atoms with Gasteiger partial charge < -0.3 is 5.11 Å². The number of benzene rings is 1. The van der Waals surface area contributed by atoms with Crippen molar-refractivity contribution in [3.8, 4) is 0 Å². The van der Waals surface area contributed by atoms with Crippen LogP contribution in [0.5, 0.6) is 0 Å². The molecule has 0 amide bonds. The molecule has 0 heterocycles. The topological polar surface area (TPSA) is 80.4 Å². The molecule has 1 aliphatic carbocycles. The molecule has 0 saturated carbocycles. The van der Waals surface area contributed by atoms with Crippen LogP contribution in [-0.4, -0.2) is 15.8 Å². The second-order valence-corrected chi connectivity index (χ2v) is 4.97. The van der Waals surface area contributed by atoms with Crippen molar-refractivity contribution in [1.82, 2.24) is 0 Å². The molecule has 0 radical (unpaired) electrons. The van der Waals surface area contributed by atoms with Crippen molar-refractivity contribution in [3.05, 3.63) is 51.6 Å². The van der Waals surface area contributed by atoms with Crippen LogP contribution < -0.4 is 0 Å². The summed E-state index contributed by atoms with van der Waals surface area (Å²) in [4.78, 5) is 22.1. The zero-order valence-electron chi connectivity index (χ0n) is 11.1. The van der Waals surface area contributed by atoms with E-state index in [1.54, 1.807) is 0 Å². The van der Waals surface area contributed by atoms with Gasteiger partial charge in [0.1, 0.15) is 0 Å². The largest absolute Gasteiger partial charge is 0.388 e. The van der Waals surface area contributed by atoms with Crippen molar-refractivity contribution in [2.75, 3.05) is 0 Å². The lowest BCUT2D eigenvalue weighted by Crippen LogP contribution is -2.11. The number of aliphatic hydroxyl groups excluding tert-OH is 1. The maximum Gasteiger partial charge on any atom is 0.269 e. The van der Waals surface area contributed by atoms with E-state index in [-0.39, 0.29) is 17.9 Å². The first kappa shape index (κ1) is 14.4. The molecule has 0 saturated heterocycles. The zero-order chi connectivity index (χ0) is 14.5. The van der Waals surface area contributed by atoms with Crippen molar-refractivity contribution in [2.45, 2.75) is 38.2 Å². The summed E-state index contributed by atoms with van der Waals surface area (Å²) in [6.07, 6.45) is 4.91. The van der Waals surface area contributed by atoms with Gasteiger partial charge in [-0.15, -0.1) is 0 Å². The molecule has 1 aliphatic rings. The van der Waals surface area contributed by atoms with Crippen molar-refractivity contribution in [2.24, 2.45) is 0 Å². The SMILES string of the molecule is O=C(CC(O)c1ccc([N+](=O)[O-])cc1)C1=CCCCC1. The number of carbonyl (C=O) groups excluding carboxylic acids is 1. The van der Waals surface area contributed by atoms with Crippen molar-refractivity contribution in [1.29, 1.82) is 0 Å². The maximum absolute atomic E-state index is 12.0. The van der Waals surface area contributed by atoms with E-state index in [0.717, 1.165) is 31.3 Å². The van der Waals surface area contributed by atoms with Gasteiger partial charge in [0.15, 0.2) is 5.78 Å². The fraction of sp³-hybridized carbons (Fsp3) is 0.400. The minimum Gasteiger partial charge on any atom is -0.388 e. The summed E-state index contributed by atoms with van der Waals surface area (Å²) in [5.41, 5.74) is 1.31. The number of hydrogen-bond donors (Lipinski definition) is 1. The van der Waals surface area contributed by atoms with Gasteiger partial charge in [-0.25, -0.2) is 0 Å². The predicted octanol–water partition coefficient (Wildman–Crippen LogP) is 3.09. The molecule has 1 unspecified atom stereocenters. The number of rotatable bonds is 5. The maximum atomic E-state index is 12.0. The molecule has 0 aliphatic heterocycles. The molecule has 2 rings (SSSR count). The minimum atomic E-state index is -0.911. The van der Waals surface area contributed by atoms with Gasteiger partial charge in [0.2, 0.25) is 0 Å². The van der Waals surface area contributed by atoms with Gasteiger partial charge in [-0.1, -0.05) is 6.08 Å². The van der Waals surface area contributed by atoms with Gasteiger partial charge in [0, 0.05) is 18.6 Å². The fourth-order valence-corrected chi connectivity index (χ4v) is 2.33. The van der Waals surface area contributed by atoms with Crippen LogP contribution in [0.2, 0.25) is 0 Å². The Hall–Kier alpha value is -2.01. The van der Waals surface area contributed by atoms with Crippen molar-refractivity contribution in [3.63, 3.8) is 0 Å². The van der Waals surface area contributed by atoms with Gasteiger partial charge >= 0.3 is 0 Å². The van der Waals surface area contributed by atoms with Crippen molar-refractivity contribution < 1.29 is 14.8 Å². The van der Waals surface area contributed by atoms with Crippen LogP contribution in [0.1, 0.15) is 43.8 Å². The van der Waals surface area contributed by atoms with Crippen LogP contribution in [0.25, 0.3) is 0 Å². The number of hydrogen-bond acceptors (Lipinski definition) is 4. The Bertz CT molecular complexity index is 533. The molecule has 0 spiro atoms. The lowest BCUT2D eigenvalue weighted by atomic mass is 9.92. The highest BCUT2D eigenvalue weighted by Crippen LogP contribution is 2.25. The molecule has 1 aromatic rings. The molecule has 0 fully saturated rings. The minimum absolute atomic E-state index is 0.0257. The van der Waals surface area contributed by atoms with E-state index in [0.29, 0.717) is 5.56 Å². The van der Waals surface area contributed by atoms with Crippen molar-refractivity contribution >= 4 is 11.5 Å². The summed E-state index contributed by atoms with van der Waals surface area (Å²) < 4.78 is 0. The van der Waals surface area contributed by atoms with Gasteiger partial charge in [-0.3, -0.25) is 14.9 Å². The van der Waals surface area contributed by atoms with Gasteiger partial charge in [0.05, 0.1) is 11.0 Å². The standard InChI is InChI=1S/C15H17NO4/c17-14(11-4-2-1-3-5-11)10-15(18)12-6-8-13(9-7-12)16(19)20/h4,6-9,15,18H,1-3,5,10H2. The van der Waals surface area contributed by atoms with E-state index in [1.807, 2.05) is 6.08 Å². The number of nitro benzene ring substituents is 1. The van der Waals surface area contributed by atoms with Crippen LogP contribution in [-0.2, 0) is 4.79 Å². The van der Waals surface area contributed by atoms with E-state index in [4.69, 9.17) is 0 Å². The average molecular weight is 275 g/mol. The summed E-state index contributed by atoms with van der Waals surface area (Å²) in [5, 5.41) is 20.6. The Morgan fingerprint density at radius 3 is 2.55 bits per heavy atom. The van der Waals surface area contributed by atoms with E-state index >= 15 is 0 Å². The Balaban J connectivity index is 2.00. The number of ketones is 1. The number of nitrogens with zero attached hydrogens (tertiary/aromatic N) is 1. The molecule has 20 heavy (non-hydrogen) atoms. The average Bonchev–Trinajstić information content (AvgIpc) is 2.48. The number of non-ortho nitro benzene ring substituents is 1.